The number of aromatic nitrogens is 1. The van der Waals surface area contributed by atoms with E-state index >= 15 is 0 Å². The summed E-state index contributed by atoms with van der Waals surface area (Å²) in [6.07, 6.45) is 0. The molecule has 88 valence electrons. The van der Waals surface area contributed by atoms with Gasteiger partial charge in [0.2, 0.25) is 0 Å². The number of hydrogen-bond donors (Lipinski definition) is 1. The fraction of sp³-hybridized carbons (Fsp3) is 0.231. The molecule has 0 bridgehead atoms. The minimum atomic E-state index is -0.538. The second-order valence-electron chi connectivity index (χ2n) is 4.04. The Balaban J connectivity index is 2.82. The Morgan fingerprint density at radius 1 is 1.24 bits per heavy atom. The number of carbonyl (C=O) groups is 1. The molecule has 4 nitrogen and oxygen atoms in total. The number of nitrogens with one attached hydrogen (secondary N) is 1. The van der Waals surface area contributed by atoms with Gasteiger partial charge < -0.3 is 9.72 Å². The minimum Gasteiger partial charge on any atom is -0.464 e. The summed E-state index contributed by atoms with van der Waals surface area (Å²) in [4.78, 5) is 26.2. The molecule has 1 aromatic heterocycles. The van der Waals surface area contributed by atoms with Gasteiger partial charge in [-0.25, -0.2) is 4.79 Å². The van der Waals surface area contributed by atoms with Gasteiger partial charge in [-0.15, -0.1) is 0 Å². The van der Waals surface area contributed by atoms with Gasteiger partial charge >= 0.3 is 5.97 Å². The van der Waals surface area contributed by atoms with Crippen molar-refractivity contribution in [3.63, 3.8) is 0 Å². The molecule has 4 heteroatoms. The predicted octanol–water partition coefficient (Wildman–Crippen LogP) is 1.93. The molecule has 0 saturated carbocycles. The van der Waals surface area contributed by atoms with Crippen LogP contribution in [0.4, 0.5) is 0 Å². The van der Waals surface area contributed by atoms with Gasteiger partial charge in [-0.1, -0.05) is 6.07 Å². The number of aryl methyl sites for hydroxylation is 2. The first kappa shape index (κ1) is 11.4. The van der Waals surface area contributed by atoms with Crippen LogP contribution in [0.2, 0.25) is 0 Å². The Kier molecular flexibility index (Phi) is 2.71. The van der Waals surface area contributed by atoms with Crippen LogP contribution in [0.5, 0.6) is 0 Å². The van der Waals surface area contributed by atoms with Crippen LogP contribution < -0.4 is 5.43 Å². The number of esters is 1. The van der Waals surface area contributed by atoms with Crippen molar-refractivity contribution >= 4 is 16.9 Å². The standard InChI is InChI=1S/C13H13NO3/c1-7-4-8(2)12-9(5-7)11(15)6-10(14-12)13(16)17-3/h4-6H,1-3H3,(H,14,15). The SMILES string of the molecule is COC(=O)c1cc(=O)c2cc(C)cc(C)c2[nH]1. The van der Waals surface area contributed by atoms with Gasteiger partial charge in [0.1, 0.15) is 5.69 Å². The largest absolute Gasteiger partial charge is 0.464 e. The first-order valence-electron chi connectivity index (χ1n) is 5.25. The van der Waals surface area contributed by atoms with Gasteiger partial charge in [-0.2, -0.15) is 0 Å². The smallest absolute Gasteiger partial charge is 0.354 e. The number of aromatic amines is 1. The van der Waals surface area contributed by atoms with Crippen LogP contribution in [-0.2, 0) is 4.74 Å². The van der Waals surface area contributed by atoms with E-state index in [2.05, 4.69) is 9.72 Å². The Labute approximate surface area is 98.2 Å². The van der Waals surface area contributed by atoms with E-state index in [0.717, 1.165) is 11.1 Å². The third-order valence-corrected chi connectivity index (χ3v) is 2.69. The summed E-state index contributed by atoms with van der Waals surface area (Å²) in [6.45, 7) is 3.83. The second-order valence-corrected chi connectivity index (χ2v) is 4.04. The summed E-state index contributed by atoms with van der Waals surface area (Å²) in [7, 11) is 1.28. The zero-order valence-electron chi connectivity index (χ0n) is 9.96. The molecule has 1 aromatic carbocycles. The van der Waals surface area contributed by atoms with Crippen molar-refractivity contribution in [3.05, 3.63) is 45.2 Å². The van der Waals surface area contributed by atoms with Gasteiger partial charge in [-0.05, 0) is 31.0 Å². The van der Waals surface area contributed by atoms with E-state index in [4.69, 9.17) is 0 Å². The molecule has 0 amide bonds. The molecule has 0 aliphatic heterocycles. The average Bonchev–Trinajstić information content (AvgIpc) is 2.29. The van der Waals surface area contributed by atoms with Gasteiger partial charge in [-0.3, -0.25) is 4.79 Å². The molecule has 0 fully saturated rings. The van der Waals surface area contributed by atoms with Gasteiger partial charge in [0, 0.05) is 11.5 Å². The van der Waals surface area contributed by atoms with Crippen LogP contribution in [0.15, 0.2) is 23.0 Å². The van der Waals surface area contributed by atoms with Gasteiger partial charge in [0.25, 0.3) is 0 Å². The quantitative estimate of drug-likeness (QED) is 0.763. The average molecular weight is 231 g/mol. The molecular formula is C13H13NO3. The molecule has 1 N–H and O–H groups in total. The fourth-order valence-electron chi connectivity index (χ4n) is 1.93. The molecule has 0 saturated heterocycles. The maximum atomic E-state index is 11.9. The normalized spacial score (nSPS) is 10.5. The number of benzene rings is 1. The molecule has 0 unspecified atom stereocenters. The lowest BCUT2D eigenvalue weighted by atomic mass is 10.1. The minimum absolute atomic E-state index is 0.175. The molecule has 0 aliphatic carbocycles. The number of ether oxygens (including phenoxy) is 1. The first-order chi connectivity index (χ1) is 8.02. The number of rotatable bonds is 1. The lowest BCUT2D eigenvalue weighted by Gasteiger charge is -2.06. The summed E-state index contributed by atoms with van der Waals surface area (Å²) in [6, 6.07) is 5.04. The summed E-state index contributed by atoms with van der Waals surface area (Å²) < 4.78 is 4.59. The van der Waals surface area contributed by atoms with E-state index in [9.17, 15) is 9.59 Å². The van der Waals surface area contributed by atoms with Crippen LogP contribution in [0.25, 0.3) is 10.9 Å². The molecule has 17 heavy (non-hydrogen) atoms. The summed E-state index contributed by atoms with van der Waals surface area (Å²) >= 11 is 0. The number of hydrogen-bond acceptors (Lipinski definition) is 3. The molecule has 0 atom stereocenters. The maximum absolute atomic E-state index is 11.9. The van der Waals surface area contributed by atoms with E-state index in [1.165, 1.54) is 13.2 Å². The number of carbonyl (C=O) groups excluding carboxylic acids is 1. The van der Waals surface area contributed by atoms with Crippen molar-refractivity contribution in [3.8, 4) is 0 Å². The van der Waals surface area contributed by atoms with Gasteiger partial charge in [0.15, 0.2) is 5.43 Å². The fourth-order valence-corrected chi connectivity index (χ4v) is 1.93. The molecule has 0 spiro atoms. The Hall–Kier alpha value is -2.10. The topological polar surface area (TPSA) is 59.2 Å². The zero-order chi connectivity index (χ0) is 12.6. The van der Waals surface area contributed by atoms with Crippen molar-refractivity contribution in [2.75, 3.05) is 7.11 Å². The lowest BCUT2D eigenvalue weighted by molar-refractivity contribution is 0.0594. The Morgan fingerprint density at radius 2 is 1.94 bits per heavy atom. The molecule has 2 aromatic rings. The highest BCUT2D eigenvalue weighted by atomic mass is 16.5. The first-order valence-corrected chi connectivity index (χ1v) is 5.25. The highest BCUT2D eigenvalue weighted by Crippen LogP contribution is 2.16. The van der Waals surface area contributed by atoms with Crippen LogP contribution in [-0.4, -0.2) is 18.1 Å². The predicted molar refractivity (Wildman–Crippen MR) is 65.4 cm³/mol. The maximum Gasteiger partial charge on any atom is 0.354 e. The van der Waals surface area contributed by atoms with Crippen molar-refractivity contribution in [2.45, 2.75) is 13.8 Å². The molecule has 0 radical (unpaired) electrons. The number of methoxy groups -OCH3 is 1. The van der Waals surface area contributed by atoms with Gasteiger partial charge in [0.05, 0.1) is 12.6 Å². The Morgan fingerprint density at radius 3 is 2.59 bits per heavy atom. The van der Waals surface area contributed by atoms with Crippen molar-refractivity contribution < 1.29 is 9.53 Å². The molecule has 1 heterocycles. The molecule has 2 rings (SSSR count). The number of H-pyrrole nitrogens is 1. The van der Waals surface area contributed by atoms with E-state index < -0.39 is 5.97 Å². The number of fused-ring (bicyclic) bond motifs is 1. The molecular weight excluding hydrogens is 218 g/mol. The highest BCUT2D eigenvalue weighted by molar-refractivity contribution is 5.91. The third kappa shape index (κ3) is 1.93. The van der Waals surface area contributed by atoms with E-state index in [1.54, 1.807) is 0 Å². The molecule has 0 aliphatic rings. The van der Waals surface area contributed by atoms with E-state index in [1.807, 2.05) is 26.0 Å². The Bertz CT molecular complexity index is 655. The second kappa shape index (κ2) is 4.05. The highest BCUT2D eigenvalue weighted by Gasteiger charge is 2.11. The number of pyridine rings is 1. The third-order valence-electron chi connectivity index (χ3n) is 2.69. The summed E-state index contributed by atoms with van der Waals surface area (Å²) in [5.74, 6) is -0.538. The summed E-state index contributed by atoms with van der Waals surface area (Å²) in [5, 5.41) is 0.593. The van der Waals surface area contributed by atoms with Crippen LogP contribution in [0, 0.1) is 13.8 Å². The van der Waals surface area contributed by atoms with Crippen molar-refractivity contribution in [1.29, 1.82) is 0 Å². The summed E-state index contributed by atoms with van der Waals surface area (Å²) in [5.41, 5.74) is 2.64. The van der Waals surface area contributed by atoms with Crippen LogP contribution in [0.1, 0.15) is 21.6 Å². The van der Waals surface area contributed by atoms with Crippen molar-refractivity contribution in [2.24, 2.45) is 0 Å². The van der Waals surface area contributed by atoms with E-state index in [-0.39, 0.29) is 11.1 Å². The zero-order valence-corrected chi connectivity index (χ0v) is 9.96. The lowest BCUT2D eigenvalue weighted by Crippen LogP contribution is -2.12. The van der Waals surface area contributed by atoms with E-state index in [0.29, 0.717) is 10.9 Å². The van der Waals surface area contributed by atoms with Crippen LogP contribution in [0.3, 0.4) is 0 Å². The van der Waals surface area contributed by atoms with Crippen LogP contribution >= 0.6 is 0 Å². The van der Waals surface area contributed by atoms with Crippen molar-refractivity contribution in [1.82, 2.24) is 4.98 Å². The monoisotopic (exact) mass is 231 g/mol.